The van der Waals surface area contributed by atoms with Gasteiger partial charge in [0, 0.05) is 10.4 Å². The molecule has 1 saturated carbocycles. The number of aromatic nitrogens is 1. The molecule has 3 unspecified atom stereocenters. The van der Waals surface area contributed by atoms with Gasteiger partial charge in [0.15, 0.2) is 16.7 Å². The average Bonchev–Trinajstić information content (AvgIpc) is 3.29. The van der Waals surface area contributed by atoms with Gasteiger partial charge in [-0.25, -0.2) is 4.98 Å². The lowest BCUT2D eigenvalue weighted by atomic mass is 9.77. The van der Waals surface area contributed by atoms with E-state index in [4.69, 9.17) is 14.2 Å². The third kappa shape index (κ3) is 3.11. The van der Waals surface area contributed by atoms with Crippen LogP contribution >= 0.6 is 11.3 Å². The molecule has 3 heterocycles. The highest BCUT2D eigenvalue weighted by Crippen LogP contribution is 2.51. The summed E-state index contributed by atoms with van der Waals surface area (Å²) < 4.78 is 17.3. The van der Waals surface area contributed by atoms with Crippen LogP contribution in [0.1, 0.15) is 47.9 Å². The molecule has 2 aliphatic heterocycles. The fourth-order valence-corrected chi connectivity index (χ4v) is 5.88. The molecule has 3 aliphatic rings. The Morgan fingerprint density at radius 1 is 1.12 bits per heavy atom. The molecule has 8 heteroatoms. The quantitative estimate of drug-likeness (QED) is 0.686. The second-order valence-electron chi connectivity index (χ2n) is 8.48. The number of fused-ring (bicyclic) bond motifs is 1. The average molecular weight is 455 g/mol. The van der Waals surface area contributed by atoms with Gasteiger partial charge in [-0.2, -0.15) is 0 Å². The number of nitrogens with zero attached hydrogens (tertiary/aromatic N) is 2. The standard InChI is InChI=1S/C24H26N2O5S/c1-12-13(2)32-24(25-12)26-20(16-11-14(29-3)9-10-17(16)30-4)19-21(27)15-7-5-6-8-18(15)31-22(19)23(26)28/h9-11,15,18,20H,5-8H2,1-4H3. The number of Topliss-reactive ketones (excluding diaryl/α,β-unsaturated/α-hetero) is 1. The molecule has 0 spiro atoms. The zero-order valence-corrected chi connectivity index (χ0v) is 19.5. The maximum atomic E-state index is 13.8. The van der Waals surface area contributed by atoms with Crippen LogP contribution in [-0.2, 0) is 14.3 Å². The first-order valence-electron chi connectivity index (χ1n) is 10.9. The summed E-state index contributed by atoms with van der Waals surface area (Å²) in [5, 5.41) is 0.550. The summed E-state index contributed by atoms with van der Waals surface area (Å²) in [6.07, 6.45) is 3.35. The number of anilines is 1. The minimum Gasteiger partial charge on any atom is -0.497 e. The van der Waals surface area contributed by atoms with Crippen molar-refractivity contribution in [2.24, 2.45) is 5.92 Å². The van der Waals surface area contributed by atoms with Gasteiger partial charge in [0.25, 0.3) is 5.91 Å². The van der Waals surface area contributed by atoms with E-state index in [9.17, 15) is 9.59 Å². The molecule has 1 fully saturated rings. The monoisotopic (exact) mass is 454 g/mol. The third-order valence-electron chi connectivity index (χ3n) is 6.72. The van der Waals surface area contributed by atoms with Gasteiger partial charge >= 0.3 is 0 Å². The molecule has 1 aliphatic carbocycles. The molecule has 0 N–H and O–H groups in total. The number of carbonyl (C=O) groups excluding carboxylic acids is 2. The molecule has 1 aromatic carbocycles. The van der Waals surface area contributed by atoms with Crippen molar-refractivity contribution in [1.29, 1.82) is 0 Å². The first kappa shape index (κ1) is 21.0. The van der Waals surface area contributed by atoms with Gasteiger partial charge in [-0.05, 0) is 51.3 Å². The number of hydrogen-bond donors (Lipinski definition) is 0. The molecule has 2 aromatic rings. The number of benzene rings is 1. The van der Waals surface area contributed by atoms with Crippen molar-refractivity contribution in [3.63, 3.8) is 0 Å². The highest BCUT2D eigenvalue weighted by Gasteiger charge is 2.53. The van der Waals surface area contributed by atoms with Crippen molar-refractivity contribution in [3.05, 3.63) is 45.7 Å². The Morgan fingerprint density at radius 3 is 2.59 bits per heavy atom. The molecule has 7 nitrogen and oxygen atoms in total. The fourth-order valence-electron chi connectivity index (χ4n) is 4.95. The lowest BCUT2D eigenvalue weighted by molar-refractivity contribution is -0.131. The normalized spacial score (nSPS) is 24.9. The van der Waals surface area contributed by atoms with Gasteiger partial charge in [-0.3, -0.25) is 14.5 Å². The van der Waals surface area contributed by atoms with E-state index in [0.29, 0.717) is 27.8 Å². The summed E-state index contributed by atoms with van der Waals surface area (Å²) in [5.41, 5.74) is 1.96. The van der Waals surface area contributed by atoms with Gasteiger partial charge in [0.2, 0.25) is 0 Å². The Bertz CT molecular complexity index is 1120. The first-order valence-corrected chi connectivity index (χ1v) is 11.7. The van der Waals surface area contributed by atoms with Crippen molar-refractivity contribution >= 4 is 28.2 Å². The smallest absolute Gasteiger partial charge is 0.296 e. The lowest BCUT2D eigenvalue weighted by Crippen LogP contribution is -2.39. The van der Waals surface area contributed by atoms with Crippen LogP contribution in [0.3, 0.4) is 0 Å². The Morgan fingerprint density at radius 2 is 1.91 bits per heavy atom. The number of methoxy groups -OCH3 is 2. The van der Waals surface area contributed by atoms with Crippen LogP contribution in [0.5, 0.6) is 11.5 Å². The number of hydrogen-bond acceptors (Lipinski definition) is 7. The van der Waals surface area contributed by atoms with E-state index in [1.807, 2.05) is 19.9 Å². The predicted octanol–water partition coefficient (Wildman–Crippen LogP) is 4.28. The molecule has 1 aromatic heterocycles. The number of ether oxygens (including phenoxy) is 3. The van der Waals surface area contributed by atoms with Gasteiger partial charge in [0.05, 0.1) is 31.4 Å². The van der Waals surface area contributed by atoms with E-state index >= 15 is 0 Å². The van der Waals surface area contributed by atoms with Gasteiger partial charge in [0.1, 0.15) is 23.6 Å². The van der Waals surface area contributed by atoms with E-state index < -0.39 is 6.04 Å². The minimum absolute atomic E-state index is 0.00618. The van der Waals surface area contributed by atoms with Crippen molar-refractivity contribution < 1.29 is 23.8 Å². The number of rotatable bonds is 4. The van der Waals surface area contributed by atoms with Crippen molar-refractivity contribution in [3.8, 4) is 11.5 Å². The molecule has 0 saturated heterocycles. The largest absolute Gasteiger partial charge is 0.497 e. The molecular formula is C24H26N2O5S. The zero-order chi connectivity index (χ0) is 22.6. The highest BCUT2D eigenvalue weighted by atomic mass is 32.1. The maximum absolute atomic E-state index is 13.8. The summed E-state index contributed by atoms with van der Waals surface area (Å²) >= 11 is 1.44. The van der Waals surface area contributed by atoms with Gasteiger partial charge < -0.3 is 14.2 Å². The van der Waals surface area contributed by atoms with Gasteiger partial charge in [-0.15, -0.1) is 11.3 Å². The zero-order valence-electron chi connectivity index (χ0n) is 18.6. The first-order chi connectivity index (χ1) is 15.4. The van der Waals surface area contributed by atoms with Crippen molar-refractivity contribution in [2.45, 2.75) is 51.7 Å². The lowest BCUT2D eigenvalue weighted by Gasteiger charge is -2.35. The molecule has 32 heavy (non-hydrogen) atoms. The fraction of sp³-hybridized carbons (Fsp3) is 0.458. The number of carbonyl (C=O) groups is 2. The predicted molar refractivity (Wildman–Crippen MR) is 120 cm³/mol. The second kappa shape index (κ2) is 7.92. The van der Waals surface area contributed by atoms with E-state index in [1.54, 1.807) is 31.3 Å². The van der Waals surface area contributed by atoms with Gasteiger partial charge in [-0.1, -0.05) is 6.42 Å². The number of thiazole rings is 1. The summed E-state index contributed by atoms with van der Waals surface area (Å²) in [4.78, 5) is 34.7. The number of amides is 1. The van der Waals surface area contributed by atoms with E-state index in [1.165, 1.54) is 11.3 Å². The molecule has 168 valence electrons. The highest BCUT2D eigenvalue weighted by molar-refractivity contribution is 7.15. The maximum Gasteiger partial charge on any atom is 0.296 e. The molecule has 0 bridgehead atoms. The summed E-state index contributed by atoms with van der Waals surface area (Å²) in [6, 6.07) is 4.74. The third-order valence-corrected chi connectivity index (χ3v) is 7.79. The van der Waals surface area contributed by atoms with Crippen LogP contribution in [-0.4, -0.2) is 37.0 Å². The van der Waals surface area contributed by atoms with Crippen LogP contribution in [0.25, 0.3) is 0 Å². The number of ketones is 1. The summed E-state index contributed by atoms with van der Waals surface area (Å²) in [5.74, 6) is 0.833. The minimum atomic E-state index is -0.678. The van der Waals surface area contributed by atoms with Crippen molar-refractivity contribution in [1.82, 2.24) is 4.98 Å². The van der Waals surface area contributed by atoms with Crippen LogP contribution in [0.2, 0.25) is 0 Å². The SMILES string of the molecule is COc1ccc(OC)c(C2C3=C(OC4CCCCC4C3=O)C(=O)N2c2nc(C)c(C)s2)c1. The molecular weight excluding hydrogens is 428 g/mol. The second-order valence-corrected chi connectivity index (χ2v) is 9.66. The Labute approximate surface area is 191 Å². The number of aryl methyl sites for hydroxylation is 2. The van der Waals surface area contributed by atoms with Crippen LogP contribution in [0.4, 0.5) is 5.13 Å². The molecule has 5 rings (SSSR count). The van der Waals surface area contributed by atoms with Crippen molar-refractivity contribution in [2.75, 3.05) is 19.1 Å². The molecule has 0 radical (unpaired) electrons. The summed E-state index contributed by atoms with van der Waals surface area (Å²) in [7, 11) is 3.17. The Kier molecular flexibility index (Phi) is 5.20. The Hall–Kier alpha value is -2.87. The Balaban J connectivity index is 1.71. The van der Waals surface area contributed by atoms with E-state index in [-0.39, 0.29) is 29.5 Å². The van der Waals surface area contributed by atoms with E-state index in [0.717, 1.165) is 36.3 Å². The van der Waals surface area contributed by atoms with E-state index in [2.05, 4.69) is 4.98 Å². The van der Waals surface area contributed by atoms with Crippen LogP contribution in [0.15, 0.2) is 29.5 Å². The van der Waals surface area contributed by atoms with Crippen LogP contribution < -0.4 is 14.4 Å². The summed E-state index contributed by atoms with van der Waals surface area (Å²) in [6.45, 7) is 3.89. The molecule has 1 amide bonds. The van der Waals surface area contributed by atoms with Crippen LogP contribution in [0, 0.1) is 19.8 Å². The molecule has 3 atom stereocenters. The topological polar surface area (TPSA) is 78.0 Å².